The van der Waals surface area contributed by atoms with Crippen molar-refractivity contribution in [1.82, 2.24) is 0 Å². The minimum Gasteiger partial charge on any atom is -0.377 e. The van der Waals surface area contributed by atoms with E-state index in [0.717, 1.165) is 12.8 Å². The molecule has 0 radical (unpaired) electrons. The summed E-state index contributed by atoms with van der Waals surface area (Å²) in [4.78, 5) is 0. The van der Waals surface area contributed by atoms with Crippen LogP contribution in [0.1, 0.15) is 56.4 Å². The third-order valence-electron chi connectivity index (χ3n) is 5.49. The summed E-state index contributed by atoms with van der Waals surface area (Å²) < 4.78 is 5.98. The van der Waals surface area contributed by atoms with Crippen LogP contribution in [0, 0.1) is 5.92 Å². The summed E-state index contributed by atoms with van der Waals surface area (Å²) in [6.45, 7) is 0. The molecule has 0 amide bonds. The average Bonchev–Trinajstić information content (AvgIpc) is 3.31. The van der Waals surface area contributed by atoms with E-state index < -0.39 is 0 Å². The highest BCUT2D eigenvalue weighted by Crippen LogP contribution is 2.53. The number of ether oxygens (including phenoxy) is 1. The lowest BCUT2D eigenvalue weighted by Crippen LogP contribution is -2.50. The number of nitrogens with two attached hydrogens (primary N) is 1. The molecule has 2 saturated carbocycles. The Labute approximate surface area is 122 Å². The van der Waals surface area contributed by atoms with E-state index in [0.29, 0.717) is 11.8 Å². The Morgan fingerprint density at radius 3 is 2.35 bits per heavy atom. The summed E-state index contributed by atoms with van der Waals surface area (Å²) in [5, 5.41) is 0. The van der Waals surface area contributed by atoms with Gasteiger partial charge in [0.2, 0.25) is 0 Å². The summed E-state index contributed by atoms with van der Waals surface area (Å²) in [6, 6.07) is 11.0. The molecule has 0 spiro atoms. The molecule has 3 unspecified atom stereocenters. The Morgan fingerprint density at radius 1 is 1.10 bits per heavy atom. The molecule has 110 valence electrons. The van der Waals surface area contributed by atoms with E-state index in [9.17, 15) is 0 Å². The second-order valence-electron chi connectivity index (χ2n) is 6.63. The molecule has 0 aliphatic heterocycles. The van der Waals surface area contributed by atoms with Crippen LogP contribution in [-0.4, -0.2) is 18.8 Å². The summed E-state index contributed by atoms with van der Waals surface area (Å²) in [6.07, 6.45) is 8.73. The van der Waals surface area contributed by atoms with Crippen molar-refractivity contribution in [2.24, 2.45) is 11.7 Å². The molecule has 2 aliphatic rings. The maximum absolute atomic E-state index is 6.67. The van der Waals surface area contributed by atoms with Gasteiger partial charge in [-0.1, -0.05) is 56.0 Å². The predicted octanol–water partition coefficient (Wildman–Crippen LogP) is 3.86. The Balaban J connectivity index is 1.71. The Morgan fingerprint density at radius 2 is 1.75 bits per heavy atom. The van der Waals surface area contributed by atoms with Crippen LogP contribution >= 0.6 is 0 Å². The highest BCUT2D eigenvalue weighted by molar-refractivity contribution is 5.27. The van der Waals surface area contributed by atoms with Crippen LogP contribution in [0.15, 0.2) is 30.3 Å². The summed E-state index contributed by atoms with van der Waals surface area (Å²) in [5.74, 6) is 1.26. The van der Waals surface area contributed by atoms with Crippen LogP contribution in [0.25, 0.3) is 0 Å². The number of methoxy groups -OCH3 is 1. The fourth-order valence-electron chi connectivity index (χ4n) is 4.09. The van der Waals surface area contributed by atoms with Gasteiger partial charge in [0.15, 0.2) is 0 Å². The molecule has 0 heterocycles. The van der Waals surface area contributed by atoms with E-state index in [2.05, 4.69) is 30.3 Å². The van der Waals surface area contributed by atoms with Crippen LogP contribution in [0.4, 0.5) is 0 Å². The molecule has 2 heteroatoms. The van der Waals surface area contributed by atoms with E-state index in [1.54, 1.807) is 0 Å². The molecule has 3 rings (SSSR count). The first-order valence-corrected chi connectivity index (χ1v) is 8.12. The van der Waals surface area contributed by atoms with E-state index in [1.807, 2.05) is 7.11 Å². The van der Waals surface area contributed by atoms with Gasteiger partial charge in [-0.05, 0) is 36.7 Å². The first-order valence-electron chi connectivity index (χ1n) is 8.12. The average molecular weight is 273 g/mol. The van der Waals surface area contributed by atoms with Crippen molar-refractivity contribution in [2.45, 2.75) is 62.5 Å². The fourth-order valence-corrected chi connectivity index (χ4v) is 4.09. The number of rotatable bonds is 4. The summed E-state index contributed by atoms with van der Waals surface area (Å²) >= 11 is 0. The van der Waals surface area contributed by atoms with Crippen LogP contribution in [0.2, 0.25) is 0 Å². The molecule has 2 N–H and O–H groups in total. The molecule has 2 aliphatic carbocycles. The zero-order chi connectivity index (χ0) is 14.0. The van der Waals surface area contributed by atoms with E-state index in [1.165, 1.54) is 37.7 Å². The first kappa shape index (κ1) is 14.1. The predicted molar refractivity (Wildman–Crippen MR) is 82.7 cm³/mol. The molecule has 1 aromatic rings. The Hall–Kier alpha value is -0.860. The maximum Gasteiger partial charge on any atom is 0.0831 e. The van der Waals surface area contributed by atoms with Gasteiger partial charge in [-0.3, -0.25) is 0 Å². The van der Waals surface area contributed by atoms with Crippen molar-refractivity contribution in [3.8, 4) is 0 Å². The molecule has 3 atom stereocenters. The van der Waals surface area contributed by atoms with E-state index in [-0.39, 0.29) is 11.6 Å². The molecular formula is C18H27NO. The molecule has 2 fully saturated rings. The Kier molecular flexibility index (Phi) is 4.13. The molecule has 0 bridgehead atoms. The highest BCUT2D eigenvalue weighted by atomic mass is 16.5. The normalized spacial score (nSPS) is 30.5. The Bertz CT molecular complexity index is 422. The number of benzene rings is 1. The zero-order valence-electron chi connectivity index (χ0n) is 12.6. The van der Waals surface area contributed by atoms with Crippen LogP contribution in [0.5, 0.6) is 0 Å². The van der Waals surface area contributed by atoms with Gasteiger partial charge in [-0.15, -0.1) is 0 Å². The second kappa shape index (κ2) is 5.87. The molecule has 2 nitrogen and oxygen atoms in total. The molecule has 0 saturated heterocycles. The second-order valence-corrected chi connectivity index (χ2v) is 6.63. The molecule has 20 heavy (non-hydrogen) atoms. The lowest BCUT2D eigenvalue weighted by molar-refractivity contribution is -0.0487. The molecule has 1 aromatic carbocycles. The smallest absolute Gasteiger partial charge is 0.0831 e. The lowest BCUT2D eigenvalue weighted by atomic mass is 9.83. The van der Waals surface area contributed by atoms with Gasteiger partial charge in [0.1, 0.15) is 0 Å². The van der Waals surface area contributed by atoms with Crippen molar-refractivity contribution in [3.05, 3.63) is 35.9 Å². The van der Waals surface area contributed by atoms with Crippen LogP contribution in [0.3, 0.4) is 0 Å². The standard InChI is InChI=1S/C18H27NO/c1-20-18(11-7-2-3-8-12-18)17(19)16-13-15(16)14-9-5-4-6-10-14/h4-6,9-10,15-17H,2-3,7-8,11-13,19H2,1H3. The van der Waals surface area contributed by atoms with Gasteiger partial charge in [0.05, 0.1) is 5.60 Å². The maximum atomic E-state index is 6.67. The van der Waals surface area contributed by atoms with Crippen molar-refractivity contribution in [3.63, 3.8) is 0 Å². The van der Waals surface area contributed by atoms with E-state index in [4.69, 9.17) is 10.5 Å². The number of hydrogen-bond donors (Lipinski definition) is 1. The van der Waals surface area contributed by atoms with Gasteiger partial charge in [-0.25, -0.2) is 0 Å². The molecule has 0 aromatic heterocycles. The topological polar surface area (TPSA) is 35.2 Å². The SMILES string of the molecule is COC1(C(N)C2CC2c2ccccc2)CCCCCC1. The van der Waals surface area contributed by atoms with Gasteiger partial charge in [-0.2, -0.15) is 0 Å². The first-order chi connectivity index (χ1) is 9.77. The third-order valence-corrected chi connectivity index (χ3v) is 5.49. The van der Waals surface area contributed by atoms with Crippen molar-refractivity contribution in [2.75, 3.05) is 7.11 Å². The largest absolute Gasteiger partial charge is 0.377 e. The fraction of sp³-hybridized carbons (Fsp3) is 0.667. The zero-order valence-corrected chi connectivity index (χ0v) is 12.6. The summed E-state index contributed by atoms with van der Waals surface area (Å²) in [5.41, 5.74) is 8.06. The number of hydrogen-bond acceptors (Lipinski definition) is 2. The van der Waals surface area contributed by atoms with Crippen LogP contribution in [-0.2, 0) is 4.74 Å². The van der Waals surface area contributed by atoms with Gasteiger partial charge in [0, 0.05) is 13.2 Å². The van der Waals surface area contributed by atoms with Gasteiger partial charge in [0.25, 0.3) is 0 Å². The van der Waals surface area contributed by atoms with Crippen LogP contribution < -0.4 is 5.73 Å². The van der Waals surface area contributed by atoms with Crippen molar-refractivity contribution < 1.29 is 4.74 Å². The highest BCUT2D eigenvalue weighted by Gasteiger charge is 2.51. The minimum atomic E-state index is -0.0648. The lowest BCUT2D eigenvalue weighted by Gasteiger charge is -2.37. The monoisotopic (exact) mass is 273 g/mol. The summed E-state index contributed by atoms with van der Waals surface area (Å²) in [7, 11) is 1.87. The van der Waals surface area contributed by atoms with E-state index >= 15 is 0 Å². The molecular weight excluding hydrogens is 246 g/mol. The van der Waals surface area contributed by atoms with Crippen molar-refractivity contribution in [1.29, 1.82) is 0 Å². The minimum absolute atomic E-state index is 0.0648. The quantitative estimate of drug-likeness (QED) is 0.846. The third kappa shape index (κ3) is 2.64. The van der Waals surface area contributed by atoms with Crippen molar-refractivity contribution >= 4 is 0 Å². The van der Waals surface area contributed by atoms with Gasteiger partial charge >= 0.3 is 0 Å². The van der Waals surface area contributed by atoms with Gasteiger partial charge < -0.3 is 10.5 Å².